The van der Waals surface area contributed by atoms with E-state index in [9.17, 15) is 0 Å². The molecule has 7 heavy (non-hydrogen) atoms. The number of hydrogen-bond acceptors (Lipinski definition) is 0. The summed E-state index contributed by atoms with van der Waals surface area (Å²) in [5, 5.41) is 0. The van der Waals surface area contributed by atoms with Gasteiger partial charge in [-0.3, -0.25) is 0 Å². The second-order valence-corrected chi connectivity index (χ2v) is 0.816. The van der Waals surface area contributed by atoms with E-state index in [0.29, 0.717) is 0 Å². The summed E-state index contributed by atoms with van der Waals surface area (Å²) in [4.78, 5) is 0. The molecule has 0 aliphatic heterocycles. The van der Waals surface area contributed by atoms with Crippen LogP contribution >= 0.6 is 0 Å². The van der Waals surface area contributed by atoms with Crippen LogP contribution in [-0.4, -0.2) is 0 Å². The predicted molar refractivity (Wildman–Crippen MR) is 31.7 cm³/mol. The van der Waals surface area contributed by atoms with E-state index in [0.717, 1.165) is 0 Å². The maximum Gasteiger partial charge on any atom is 0 e. The van der Waals surface area contributed by atoms with Crippen molar-refractivity contribution < 1.29 is 27.7 Å². The molecular formula is C6H12Hg. The fourth-order valence-electron chi connectivity index (χ4n) is 0. The van der Waals surface area contributed by atoms with Crippen molar-refractivity contribution in [1.82, 2.24) is 0 Å². The monoisotopic (exact) mass is 286 g/mol. The molecule has 0 nitrogen and oxygen atoms in total. The molecule has 0 saturated carbocycles. The third-order valence-corrected chi connectivity index (χ3v) is 0. The van der Waals surface area contributed by atoms with Gasteiger partial charge in [-0.05, 0) is 13.8 Å². The first kappa shape index (κ1) is 15.7. The molecule has 0 N–H and O–H groups in total. The average Bonchev–Trinajstić information content (AvgIpc) is 1.39. The van der Waals surface area contributed by atoms with Crippen molar-refractivity contribution in [3.05, 3.63) is 25.3 Å². The number of rotatable bonds is 0. The molecule has 0 spiro atoms. The third-order valence-electron chi connectivity index (χ3n) is 0. The molecular weight excluding hydrogens is 273 g/mol. The molecule has 1 heteroatoms. The minimum absolute atomic E-state index is 0. The van der Waals surface area contributed by atoms with Crippen LogP contribution in [0, 0.1) is 0 Å². The van der Waals surface area contributed by atoms with Crippen LogP contribution < -0.4 is 0 Å². The molecule has 0 aromatic rings. The molecule has 0 amide bonds. The molecule has 0 fully saturated rings. The molecule has 0 heterocycles. The summed E-state index contributed by atoms with van der Waals surface area (Å²) in [6.45, 7) is 10.5. The Bertz CT molecular complexity index is 25.2. The van der Waals surface area contributed by atoms with Gasteiger partial charge in [0.15, 0.2) is 0 Å². The van der Waals surface area contributed by atoms with Crippen molar-refractivity contribution in [2.75, 3.05) is 0 Å². The largest absolute Gasteiger partial charge is 0.103 e. The van der Waals surface area contributed by atoms with Crippen LogP contribution in [0.5, 0.6) is 0 Å². The standard InChI is InChI=1S/2C3H6.Hg/c2*1-3-2;/h2*3H,1H2,2H3;. The summed E-state index contributed by atoms with van der Waals surface area (Å²) >= 11 is 0. The Morgan fingerprint density at radius 1 is 1.00 bits per heavy atom. The Labute approximate surface area is 66.8 Å². The van der Waals surface area contributed by atoms with Gasteiger partial charge in [0.25, 0.3) is 0 Å². The first-order chi connectivity index (χ1) is 2.83. The van der Waals surface area contributed by atoms with Crippen molar-refractivity contribution in [2.24, 2.45) is 0 Å². The number of hydrogen-bond donors (Lipinski definition) is 0. The Kier molecular flexibility index (Phi) is 72.1. The van der Waals surface area contributed by atoms with Crippen LogP contribution in [-0.2, 0) is 27.7 Å². The van der Waals surface area contributed by atoms with E-state index < -0.39 is 0 Å². The smallest absolute Gasteiger partial charge is 0 e. The van der Waals surface area contributed by atoms with Gasteiger partial charge in [-0.2, -0.15) is 0 Å². The second kappa shape index (κ2) is 32.3. The van der Waals surface area contributed by atoms with Gasteiger partial charge in [0.05, 0.1) is 0 Å². The van der Waals surface area contributed by atoms with E-state index in [1.54, 1.807) is 12.2 Å². The molecule has 0 aliphatic rings. The van der Waals surface area contributed by atoms with Crippen molar-refractivity contribution in [3.63, 3.8) is 0 Å². The molecule has 0 bridgehead atoms. The Hall–Kier alpha value is 0.415. The van der Waals surface area contributed by atoms with Crippen molar-refractivity contribution >= 4 is 0 Å². The molecule has 0 radical (unpaired) electrons. The summed E-state index contributed by atoms with van der Waals surface area (Å²) in [6, 6.07) is 0. The second-order valence-electron chi connectivity index (χ2n) is 0.816. The Balaban J connectivity index is -0.0000000400. The zero-order chi connectivity index (χ0) is 5.41. The zero-order valence-corrected chi connectivity index (χ0v) is 10.8. The predicted octanol–water partition coefficient (Wildman–Crippen LogP) is 2.38. The summed E-state index contributed by atoms with van der Waals surface area (Å²) in [6.07, 6.45) is 3.50. The molecule has 0 rings (SSSR count). The van der Waals surface area contributed by atoms with Gasteiger partial charge >= 0.3 is 0 Å². The summed E-state index contributed by atoms with van der Waals surface area (Å²) in [5.41, 5.74) is 0. The van der Waals surface area contributed by atoms with Crippen LogP contribution in [0.4, 0.5) is 0 Å². The van der Waals surface area contributed by atoms with Crippen LogP contribution in [0.25, 0.3) is 0 Å². The van der Waals surface area contributed by atoms with E-state index in [1.165, 1.54) is 0 Å². The van der Waals surface area contributed by atoms with Crippen LogP contribution in [0.15, 0.2) is 25.3 Å². The van der Waals surface area contributed by atoms with Gasteiger partial charge in [-0.15, -0.1) is 13.2 Å². The first-order valence-corrected chi connectivity index (χ1v) is 1.97. The van der Waals surface area contributed by atoms with E-state index in [1.807, 2.05) is 13.8 Å². The van der Waals surface area contributed by atoms with Crippen LogP contribution in [0.1, 0.15) is 13.8 Å². The first-order valence-electron chi connectivity index (χ1n) is 1.97. The molecule has 0 aromatic carbocycles. The van der Waals surface area contributed by atoms with Gasteiger partial charge in [0.1, 0.15) is 0 Å². The van der Waals surface area contributed by atoms with E-state index in [4.69, 9.17) is 0 Å². The molecule has 0 unspecified atom stereocenters. The van der Waals surface area contributed by atoms with Crippen LogP contribution in [0.2, 0.25) is 0 Å². The van der Waals surface area contributed by atoms with Crippen molar-refractivity contribution in [3.8, 4) is 0 Å². The van der Waals surface area contributed by atoms with Gasteiger partial charge < -0.3 is 0 Å². The fourth-order valence-corrected chi connectivity index (χ4v) is 0. The summed E-state index contributed by atoms with van der Waals surface area (Å²) in [5.74, 6) is 0. The summed E-state index contributed by atoms with van der Waals surface area (Å²) < 4.78 is 0. The van der Waals surface area contributed by atoms with E-state index >= 15 is 0 Å². The quantitative estimate of drug-likeness (QED) is 0.473. The minimum atomic E-state index is 0. The minimum Gasteiger partial charge on any atom is -0.103 e. The third kappa shape index (κ3) is 726. The molecule has 0 atom stereocenters. The maximum atomic E-state index is 3.36. The van der Waals surface area contributed by atoms with Crippen molar-refractivity contribution in [2.45, 2.75) is 13.8 Å². The average molecular weight is 285 g/mol. The van der Waals surface area contributed by atoms with Crippen LogP contribution in [0.3, 0.4) is 0 Å². The topological polar surface area (TPSA) is 0 Å². The molecule has 0 saturated heterocycles. The Morgan fingerprint density at radius 2 is 1.00 bits per heavy atom. The van der Waals surface area contributed by atoms with Gasteiger partial charge in [-0.25, -0.2) is 0 Å². The molecule has 38 valence electrons. The van der Waals surface area contributed by atoms with E-state index in [2.05, 4.69) is 13.2 Å². The fraction of sp³-hybridized carbons (Fsp3) is 0.333. The van der Waals surface area contributed by atoms with Gasteiger partial charge in [0, 0.05) is 27.7 Å². The molecule has 0 aliphatic carbocycles. The SMILES string of the molecule is C=CC.C=CC.[Hg]. The molecule has 0 aromatic heterocycles. The normalized spacial score (nSPS) is 3.71. The maximum absolute atomic E-state index is 3.36. The Morgan fingerprint density at radius 3 is 1.00 bits per heavy atom. The van der Waals surface area contributed by atoms with Gasteiger partial charge in [0.2, 0.25) is 0 Å². The summed E-state index contributed by atoms with van der Waals surface area (Å²) in [7, 11) is 0. The van der Waals surface area contributed by atoms with Crippen molar-refractivity contribution in [1.29, 1.82) is 0 Å². The van der Waals surface area contributed by atoms with E-state index in [-0.39, 0.29) is 27.7 Å². The number of allylic oxidation sites excluding steroid dienone is 2. The van der Waals surface area contributed by atoms with Gasteiger partial charge in [-0.1, -0.05) is 12.2 Å². The zero-order valence-electron chi connectivity index (χ0n) is 5.28.